The van der Waals surface area contributed by atoms with Crippen molar-refractivity contribution in [3.8, 4) is 5.75 Å². The number of primary amides is 1. The lowest BCUT2D eigenvalue weighted by Gasteiger charge is -2.46. The zero-order chi connectivity index (χ0) is 28.4. The van der Waals surface area contributed by atoms with Crippen molar-refractivity contribution >= 4 is 38.9 Å². The molecule has 13 heteroatoms. The van der Waals surface area contributed by atoms with E-state index in [2.05, 4.69) is 4.72 Å². The molecule has 0 aliphatic heterocycles. The topological polar surface area (TPSA) is 191 Å². The highest BCUT2D eigenvalue weighted by Gasteiger charge is 2.55. The van der Waals surface area contributed by atoms with Gasteiger partial charge in [0.1, 0.15) is 22.8 Å². The Morgan fingerprint density at radius 2 is 1.76 bits per heavy atom. The van der Waals surface area contributed by atoms with Gasteiger partial charge >= 0.3 is 0 Å². The molecule has 1 amide bonds. The van der Waals surface area contributed by atoms with Gasteiger partial charge in [0.25, 0.3) is 5.91 Å². The Morgan fingerprint density at radius 3 is 2.29 bits per heavy atom. The molecule has 12 nitrogen and oxygen atoms in total. The molecule has 3 unspecified atom stereocenters. The summed E-state index contributed by atoms with van der Waals surface area (Å²) in [4.78, 5) is 42.6. The summed E-state index contributed by atoms with van der Waals surface area (Å²) < 4.78 is 25.6. The van der Waals surface area contributed by atoms with Crippen LogP contribution in [0.2, 0.25) is 0 Å². The van der Waals surface area contributed by atoms with Crippen molar-refractivity contribution in [1.82, 2.24) is 9.62 Å². The number of nitrogens with one attached hydrogen (secondary N) is 1. The molecule has 0 saturated heterocycles. The number of aromatic hydroxyl groups is 1. The van der Waals surface area contributed by atoms with Crippen molar-refractivity contribution in [2.45, 2.75) is 25.4 Å². The summed E-state index contributed by atoms with van der Waals surface area (Å²) in [6, 6.07) is 0.804. The molecule has 0 spiro atoms. The minimum Gasteiger partial charge on any atom is -0.510 e. The van der Waals surface area contributed by atoms with Crippen LogP contribution in [0.4, 0.5) is 5.69 Å². The Balaban J connectivity index is 1.90. The van der Waals surface area contributed by atoms with Crippen LogP contribution in [0.1, 0.15) is 23.1 Å². The number of carbonyl (C=O) groups excluding carboxylic acids is 3. The average Bonchev–Trinajstić information content (AvgIpc) is 2.76. The molecule has 1 saturated carbocycles. The number of ketones is 2. The number of anilines is 1. The number of rotatable bonds is 6. The van der Waals surface area contributed by atoms with E-state index in [0.717, 1.165) is 6.26 Å². The molecular formula is C25H32N4O8S. The van der Waals surface area contributed by atoms with E-state index in [4.69, 9.17) is 5.73 Å². The lowest BCUT2D eigenvalue weighted by atomic mass is 9.59. The predicted molar refractivity (Wildman–Crippen MR) is 139 cm³/mol. The van der Waals surface area contributed by atoms with Crippen molar-refractivity contribution in [2.24, 2.45) is 23.5 Å². The molecule has 3 aliphatic carbocycles. The maximum atomic E-state index is 13.8. The summed E-state index contributed by atoms with van der Waals surface area (Å²) in [5.41, 5.74) is 6.09. The summed E-state index contributed by atoms with van der Waals surface area (Å²) in [5, 5.41) is 33.3. The van der Waals surface area contributed by atoms with Crippen molar-refractivity contribution in [3.63, 3.8) is 0 Å². The number of sulfonamides is 1. The highest BCUT2D eigenvalue weighted by Crippen LogP contribution is 2.52. The number of allylic oxidation sites excluding steroid dienone is 1. The number of nitrogens with two attached hydrogens (primary N) is 1. The van der Waals surface area contributed by atoms with E-state index in [1.54, 1.807) is 44.1 Å². The summed E-state index contributed by atoms with van der Waals surface area (Å²) in [6.45, 7) is -0.251. The number of phenols is 1. The van der Waals surface area contributed by atoms with Crippen molar-refractivity contribution in [1.29, 1.82) is 0 Å². The zero-order valence-corrected chi connectivity index (χ0v) is 22.6. The Morgan fingerprint density at radius 1 is 1.13 bits per heavy atom. The average molecular weight is 549 g/mol. The fraction of sp³-hybridized carbons (Fsp3) is 0.480. The number of benzene rings is 1. The van der Waals surface area contributed by atoms with Crippen molar-refractivity contribution in [3.05, 3.63) is 39.7 Å². The number of fused-ring (bicyclic) bond motifs is 3. The van der Waals surface area contributed by atoms with E-state index < -0.39 is 68.4 Å². The van der Waals surface area contributed by atoms with Gasteiger partial charge in [0.15, 0.2) is 11.6 Å². The van der Waals surface area contributed by atoms with E-state index in [0.29, 0.717) is 11.3 Å². The normalized spacial score (nSPS) is 25.3. The number of carbonyl (C=O) groups is 3. The quantitative estimate of drug-likeness (QED) is 0.238. The summed E-state index contributed by atoms with van der Waals surface area (Å²) >= 11 is 0. The van der Waals surface area contributed by atoms with Crippen LogP contribution in [0.3, 0.4) is 0 Å². The first-order valence-electron chi connectivity index (χ1n) is 12.0. The molecule has 1 fully saturated rings. The van der Waals surface area contributed by atoms with E-state index in [1.807, 2.05) is 0 Å². The predicted octanol–water partition coefficient (Wildman–Crippen LogP) is -0.0357. The number of likely N-dealkylation sites (N-methyl/N-ethyl adjacent to an activating group) is 1. The third-order valence-electron chi connectivity index (χ3n) is 7.63. The first-order valence-corrected chi connectivity index (χ1v) is 13.9. The monoisotopic (exact) mass is 548 g/mol. The van der Waals surface area contributed by atoms with E-state index in [-0.39, 0.29) is 41.8 Å². The first-order chi connectivity index (χ1) is 17.6. The van der Waals surface area contributed by atoms with E-state index in [1.165, 1.54) is 0 Å². The molecule has 4 atom stereocenters. The van der Waals surface area contributed by atoms with Crippen LogP contribution in [0.5, 0.6) is 5.75 Å². The van der Waals surface area contributed by atoms with Crippen LogP contribution in [-0.4, -0.2) is 86.6 Å². The number of hydrogen-bond donors (Lipinski definition) is 5. The Kier molecular flexibility index (Phi) is 6.83. The van der Waals surface area contributed by atoms with Gasteiger partial charge in [0, 0.05) is 37.5 Å². The van der Waals surface area contributed by atoms with Gasteiger partial charge in [0.2, 0.25) is 10.0 Å². The van der Waals surface area contributed by atoms with Gasteiger partial charge in [0.05, 0.1) is 23.8 Å². The third kappa shape index (κ3) is 4.33. The molecule has 4 rings (SSSR count). The first kappa shape index (κ1) is 27.6. The van der Waals surface area contributed by atoms with Crippen LogP contribution in [0, 0.1) is 17.8 Å². The van der Waals surface area contributed by atoms with E-state index >= 15 is 0 Å². The lowest BCUT2D eigenvalue weighted by Crippen LogP contribution is -2.55. The van der Waals surface area contributed by atoms with Gasteiger partial charge in [-0.15, -0.1) is 0 Å². The number of nitrogens with zero attached hydrogens (tertiary/aromatic N) is 2. The van der Waals surface area contributed by atoms with Gasteiger partial charge < -0.3 is 26.0 Å². The highest BCUT2D eigenvalue weighted by atomic mass is 32.2. The molecule has 0 heterocycles. The standard InChI is InChI=1S/C25H32N4O8S/c1-28(2)14-8-11(9-27-38(5,36)37)20(30)16-12(14)6-10-7-13-17(22(32)15(10)21(16)31)23(33)18(25(26)35)24(34)19(13)29(3)4/h8,10,13,17,19,27,30-31,34H,6-7,9H2,1-5H3,(H2,26,35)/t10?,13?,17?,19-/m0/s1. The van der Waals surface area contributed by atoms with Gasteiger partial charge in [-0.25, -0.2) is 13.1 Å². The zero-order valence-electron chi connectivity index (χ0n) is 21.8. The fourth-order valence-electron chi connectivity index (χ4n) is 6.11. The number of amides is 1. The molecular weight excluding hydrogens is 516 g/mol. The Hall–Kier alpha value is -3.42. The Bertz CT molecular complexity index is 1430. The maximum Gasteiger partial charge on any atom is 0.255 e. The number of aliphatic hydroxyl groups is 2. The summed E-state index contributed by atoms with van der Waals surface area (Å²) in [6.07, 6.45) is 1.46. The van der Waals surface area contributed by atoms with Crippen molar-refractivity contribution in [2.75, 3.05) is 39.3 Å². The molecule has 0 radical (unpaired) electrons. The van der Waals surface area contributed by atoms with Gasteiger partial charge in [-0.1, -0.05) is 0 Å². The number of aliphatic hydroxyl groups excluding tert-OH is 2. The lowest BCUT2D eigenvalue weighted by molar-refractivity contribution is -0.136. The molecule has 0 aromatic heterocycles. The molecule has 3 aliphatic rings. The maximum absolute atomic E-state index is 13.8. The second-order valence-corrected chi connectivity index (χ2v) is 12.4. The van der Waals surface area contributed by atoms with Crippen molar-refractivity contribution < 1.29 is 38.1 Å². The molecule has 0 bridgehead atoms. The van der Waals surface area contributed by atoms with Crippen LogP contribution < -0.4 is 15.4 Å². The Labute approximate surface area is 220 Å². The van der Waals surface area contributed by atoms with Crippen LogP contribution in [-0.2, 0) is 37.4 Å². The molecule has 206 valence electrons. The van der Waals surface area contributed by atoms with Crippen LogP contribution >= 0.6 is 0 Å². The fourth-order valence-corrected chi connectivity index (χ4v) is 6.53. The minimum absolute atomic E-state index is 0.000447. The summed E-state index contributed by atoms with van der Waals surface area (Å²) in [5.74, 6) is -6.62. The summed E-state index contributed by atoms with van der Waals surface area (Å²) in [7, 11) is 3.24. The van der Waals surface area contributed by atoms with Gasteiger partial charge in [-0.05, 0) is 50.4 Å². The number of Topliss-reactive ketones (excluding diaryl/α,β-unsaturated/α-hetero) is 2. The minimum atomic E-state index is -3.59. The number of phenolic OH excluding ortho intramolecular Hbond substituents is 1. The molecule has 1 aromatic carbocycles. The molecule has 38 heavy (non-hydrogen) atoms. The van der Waals surface area contributed by atoms with Gasteiger partial charge in [-0.3, -0.25) is 19.3 Å². The molecule has 6 N–H and O–H groups in total. The largest absolute Gasteiger partial charge is 0.510 e. The third-order valence-corrected chi connectivity index (χ3v) is 8.30. The van der Waals surface area contributed by atoms with E-state index in [9.17, 15) is 38.1 Å². The van der Waals surface area contributed by atoms with Crippen LogP contribution in [0.25, 0.3) is 5.76 Å². The second kappa shape index (κ2) is 9.40. The SMILES string of the molecule is CN(C)c1cc(CNS(C)(=O)=O)c(O)c2c1CC1CC3C(C(=O)C(C(N)=O)=C(O)[C@H]3N(C)C)C(=O)C1=C2O. The highest BCUT2D eigenvalue weighted by molar-refractivity contribution is 7.88. The second-order valence-electron chi connectivity index (χ2n) is 10.5. The molecule has 1 aromatic rings. The smallest absolute Gasteiger partial charge is 0.255 e. The van der Waals surface area contributed by atoms with Crippen LogP contribution in [0.15, 0.2) is 23.0 Å². The van der Waals surface area contributed by atoms with Gasteiger partial charge in [-0.2, -0.15) is 0 Å². The number of hydrogen-bond acceptors (Lipinski definition) is 10.